The van der Waals surface area contributed by atoms with Gasteiger partial charge in [-0.15, -0.1) is 0 Å². The number of ether oxygens (including phenoxy) is 5. The molecule has 0 spiro atoms. The molecule has 7 heteroatoms. The first-order chi connectivity index (χ1) is 11.4. The van der Waals surface area contributed by atoms with Gasteiger partial charge in [-0.1, -0.05) is 12.1 Å². The molecule has 1 aromatic rings. The predicted molar refractivity (Wildman–Crippen MR) is 83.4 cm³/mol. The van der Waals surface area contributed by atoms with Crippen molar-refractivity contribution in [3.63, 3.8) is 0 Å². The summed E-state index contributed by atoms with van der Waals surface area (Å²) in [7, 11) is 1.61. The van der Waals surface area contributed by atoms with Crippen LogP contribution in [0, 0.1) is 0 Å². The van der Waals surface area contributed by atoms with Gasteiger partial charge in [0.05, 0.1) is 26.9 Å². The van der Waals surface area contributed by atoms with E-state index in [0.717, 1.165) is 11.3 Å². The number of hydrogen-bond acceptors (Lipinski definition) is 7. The van der Waals surface area contributed by atoms with Crippen LogP contribution in [0.2, 0.25) is 0 Å². The van der Waals surface area contributed by atoms with Crippen molar-refractivity contribution < 1.29 is 33.9 Å². The van der Waals surface area contributed by atoms with Crippen molar-refractivity contribution in [3.05, 3.63) is 29.8 Å². The van der Waals surface area contributed by atoms with Crippen molar-refractivity contribution in [2.24, 2.45) is 0 Å². The lowest BCUT2D eigenvalue weighted by molar-refractivity contribution is -0.258. The van der Waals surface area contributed by atoms with Crippen molar-refractivity contribution in [1.29, 1.82) is 0 Å². The van der Waals surface area contributed by atoms with Gasteiger partial charge in [-0.25, -0.2) is 0 Å². The summed E-state index contributed by atoms with van der Waals surface area (Å²) in [6.45, 7) is 3.07. The number of methoxy groups -OCH3 is 1. The Morgan fingerprint density at radius 3 is 2.29 bits per heavy atom. The molecule has 2 aliphatic heterocycles. The number of rotatable bonds is 6. The summed E-state index contributed by atoms with van der Waals surface area (Å²) in [6, 6.07) is 7.47. The zero-order chi connectivity index (χ0) is 17.4. The van der Waals surface area contributed by atoms with E-state index in [1.807, 2.05) is 24.3 Å². The molecule has 0 radical (unpaired) electrons. The zero-order valence-corrected chi connectivity index (χ0v) is 14.1. The minimum Gasteiger partial charge on any atom is -0.497 e. The zero-order valence-electron chi connectivity index (χ0n) is 14.1. The molecule has 1 unspecified atom stereocenters. The molecule has 2 N–H and O–H groups in total. The summed E-state index contributed by atoms with van der Waals surface area (Å²) in [4.78, 5) is 0. The lowest BCUT2D eigenvalue weighted by Gasteiger charge is -2.33. The number of hydrogen-bond donors (Lipinski definition) is 2. The van der Waals surface area contributed by atoms with Crippen molar-refractivity contribution in [3.8, 4) is 5.75 Å². The van der Waals surface area contributed by atoms with Gasteiger partial charge in [0.2, 0.25) is 0 Å². The molecular weight excluding hydrogens is 316 g/mol. The van der Waals surface area contributed by atoms with E-state index < -0.39 is 43.1 Å². The molecule has 2 aliphatic rings. The fourth-order valence-corrected chi connectivity index (χ4v) is 3.11. The van der Waals surface area contributed by atoms with E-state index in [4.69, 9.17) is 23.7 Å². The average Bonchev–Trinajstić information content (AvgIpc) is 3.02. The molecule has 2 saturated heterocycles. The van der Waals surface area contributed by atoms with Crippen molar-refractivity contribution in [2.75, 3.05) is 20.3 Å². The Balaban J connectivity index is 1.74. The Hall–Kier alpha value is -1.22. The van der Waals surface area contributed by atoms with Gasteiger partial charge < -0.3 is 33.9 Å². The molecule has 3 atom stereocenters. The molecule has 2 fully saturated rings. The maximum atomic E-state index is 9.75. The minimum absolute atomic E-state index is 0.285. The monoisotopic (exact) mass is 340 g/mol. The summed E-state index contributed by atoms with van der Waals surface area (Å²) in [5.74, 6) is -0.0361. The first-order valence-corrected chi connectivity index (χ1v) is 7.93. The van der Waals surface area contributed by atoms with Crippen LogP contribution in [0.4, 0.5) is 0 Å². The van der Waals surface area contributed by atoms with Crippen LogP contribution in [0.1, 0.15) is 19.4 Å². The fourth-order valence-electron chi connectivity index (χ4n) is 3.11. The second-order valence-electron chi connectivity index (χ2n) is 6.55. The maximum absolute atomic E-state index is 9.75. The van der Waals surface area contributed by atoms with Crippen LogP contribution in [-0.2, 0) is 25.6 Å². The number of benzene rings is 1. The molecule has 134 valence electrons. The van der Waals surface area contributed by atoms with Crippen LogP contribution >= 0.6 is 0 Å². The highest BCUT2D eigenvalue weighted by Gasteiger charge is 2.62. The SMILES string of the molecule is COc1ccc(COC2[C@@H]3OC(C)(C)O[C@H]3OC2(CO)CO)cc1. The van der Waals surface area contributed by atoms with Gasteiger partial charge in [0, 0.05) is 0 Å². The Morgan fingerprint density at radius 1 is 1.04 bits per heavy atom. The van der Waals surface area contributed by atoms with E-state index in [9.17, 15) is 10.2 Å². The van der Waals surface area contributed by atoms with Crippen molar-refractivity contribution in [1.82, 2.24) is 0 Å². The van der Waals surface area contributed by atoms with Gasteiger partial charge in [-0.2, -0.15) is 0 Å². The van der Waals surface area contributed by atoms with Crippen LogP contribution in [0.25, 0.3) is 0 Å². The molecule has 1 aromatic carbocycles. The molecule has 0 aliphatic carbocycles. The highest BCUT2D eigenvalue weighted by molar-refractivity contribution is 5.26. The Labute approximate surface area is 141 Å². The molecule has 0 bridgehead atoms. The third kappa shape index (κ3) is 3.15. The summed E-state index contributed by atoms with van der Waals surface area (Å²) in [5, 5.41) is 19.5. The first-order valence-electron chi connectivity index (χ1n) is 7.93. The quantitative estimate of drug-likeness (QED) is 0.792. The van der Waals surface area contributed by atoms with Crippen LogP contribution in [0.15, 0.2) is 24.3 Å². The van der Waals surface area contributed by atoms with Crippen LogP contribution < -0.4 is 4.74 Å². The lowest BCUT2D eigenvalue weighted by atomic mass is 9.97. The van der Waals surface area contributed by atoms with Gasteiger partial charge >= 0.3 is 0 Å². The number of fused-ring (bicyclic) bond motifs is 1. The Morgan fingerprint density at radius 2 is 1.71 bits per heavy atom. The van der Waals surface area contributed by atoms with E-state index in [-0.39, 0.29) is 6.61 Å². The third-order valence-corrected chi connectivity index (χ3v) is 4.38. The van der Waals surface area contributed by atoms with Crippen LogP contribution in [-0.4, -0.2) is 60.4 Å². The predicted octanol–water partition coefficient (Wildman–Crippen LogP) is 0.812. The van der Waals surface area contributed by atoms with Gasteiger partial charge in [0.1, 0.15) is 23.6 Å². The summed E-state index contributed by atoms with van der Waals surface area (Å²) < 4.78 is 28.4. The fraction of sp³-hybridized carbons (Fsp3) is 0.647. The minimum atomic E-state index is -1.25. The molecule has 24 heavy (non-hydrogen) atoms. The van der Waals surface area contributed by atoms with Crippen LogP contribution in [0.3, 0.4) is 0 Å². The largest absolute Gasteiger partial charge is 0.497 e. The topological polar surface area (TPSA) is 86.6 Å². The second-order valence-corrected chi connectivity index (χ2v) is 6.55. The van der Waals surface area contributed by atoms with Gasteiger partial charge in [0.15, 0.2) is 12.1 Å². The molecule has 0 saturated carbocycles. The smallest absolute Gasteiger partial charge is 0.190 e. The van der Waals surface area contributed by atoms with Gasteiger partial charge in [0.25, 0.3) is 0 Å². The van der Waals surface area contributed by atoms with E-state index in [1.54, 1.807) is 21.0 Å². The Bertz CT molecular complexity index is 553. The van der Waals surface area contributed by atoms with E-state index >= 15 is 0 Å². The molecule has 0 aromatic heterocycles. The summed E-state index contributed by atoms with van der Waals surface area (Å²) in [6.07, 6.45) is -1.85. The van der Waals surface area contributed by atoms with E-state index in [1.165, 1.54) is 0 Å². The number of aliphatic hydroxyl groups is 2. The van der Waals surface area contributed by atoms with E-state index in [2.05, 4.69) is 0 Å². The molecule has 3 rings (SSSR count). The third-order valence-electron chi connectivity index (χ3n) is 4.38. The van der Waals surface area contributed by atoms with Gasteiger partial charge in [-0.05, 0) is 31.5 Å². The lowest BCUT2D eigenvalue weighted by Crippen LogP contribution is -2.52. The molecule has 7 nitrogen and oxygen atoms in total. The van der Waals surface area contributed by atoms with Crippen LogP contribution in [0.5, 0.6) is 5.75 Å². The maximum Gasteiger partial charge on any atom is 0.190 e. The molecule has 0 amide bonds. The molecule has 2 heterocycles. The van der Waals surface area contributed by atoms with Crippen molar-refractivity contribution >= 4 is 0 Å². The standard InChI is InChI=1S/C17H24O7/c1-16(2)22-13-14(17(9-18,10-19)24-15(13)23-16)21-8-11-4-6-12(20-3)7-5-11/h4-7,13-15,18-19H,8-10H2,1-3H3/t13-,14?,15-/m0/s1. The highest BCUT2D eigenvalue weighted by Crippen LogP contribution is 2.43. The summed E-state index contributed by atoms with van der Waals surface area (Å²) >= 11 is 0. The van der Waals surface area contributed by atoms with Crippen molar-refractivity contribution in [2.45, 2.75) is 50.3 Å². The first kappa shape index (κ1) is 17.6. The molecular formula is C17H24O7. The Kier molecular flexibility index (Phi) is 4.83. The second kappa shape index (κ2) is 6.59. The highest BCUT2D eigenvalue weighted by atomic mass is 16.8. The average molecular weight is 340 g/mol. The normalized spacial score (nSPS) is 30.3. The van der Waals surface area contributed by atoms with E-state index in [0.29, 0.717) is 0 Å². The van der Waals surface area contributed by atoms with Gasteiger partial charge in [-0.3, -0.25) is 0 Å². The number of aliphatic hydroxyl groups excluding tert-OH is 2. The summed E-state index contributed by atoms with van der Waals surface area (Å²) in [5.41, 5.74) is -0.319.